The lowest BCUT2D eigenvalue weighted by atomic mass is 9.45. The van der Waals surface area contributed by atoms with Crippen LogP contribution in [0.5, 0.6) is 0 Å². The van der Waals surface area contributed by atoms with Crippen LogP contribution in [0.4, 0.5) is 0 Å². The molecule has 3 fully saturated rings. The van der Waals surface area contributed by atoms with Gasteiger partial charge < -0.3 is 9.47 Å². The molecule has 2 heterocycles. The van der Waals surface area contributed by atoms with E-state index in [4.69, 9.17) is 9.47 Å². The average molecular weight is 304 g/mol. The number of carbonyl (C=O) groups is 1. The highest BCUT2D eigenvalue weighted by Crippen LogP contribution is 2.76. The molecule has 2 aliphatic heterocycles. The van der Waals surface area contributed by atoms with E-state index in [1.165, 1.54) is 0 Å². The van der Waals surface area contributed by atoms with Crippen molar-refractivity contribution in [1.29, 1.82) is 0 Å². The number of rotatable bonds is 1. The first-order valence-electron chi connectivity index (χ1n) is 8.80. The van der Waals surface area contributed by atoms with Crippen LogP contribution in [0.3, 0.4) is 0 Å². The van der Waals surface area contributed by atoms with Crippen LogP contribution in [0.1, 0.15) is 48.0 Å². The molecule has 0 radical (unpaired) electrons. The molecule has 4 aliphatic rings. The van der Waals surface area contributed by atoms with Gasteiger partial charge in [-0.2, -0.15) is 0 Å². The van der Waals surface area contributed by atoms with E-state index < -0.39 is 0 Å². The molecule has 0 amide bonds. The number of allylic oxidation sites excluding steroid dienone is 1. The predicted octanol–water partition coefficient (Wildman–Crippen LogP) is 3.38. The van der Waals surface area contributed by atoms with Crippen LogP contribution in [0.15, 0.2) is 11.6 Å². The van der Waals surface area contributed by atoms with E-state index in [2.05, 4.69) is 40.7 Å². The van der Waals surface area contributed by atoms with Gasteiger partial charge >= 0.3 is 0 Å². The van der Waals surface area contributed by atoms with Gasteiger partial charge in [0.25, 0.3) is 0 Å². The number of hydrogen-bond acceptors (Lipinski definition) is 3. The molecular formula is C19H28O3. The molecule has 3 heteroatoms. The van der Waals surface area contributed by atoms with Crippen LogP contribution in [-0.2, 0) is 14.3 Å². The Bertz CT molecular complexity index is 575. The molecule has 0 aromatic heterocycles. The molecular weight excluding hydrogens is 276 g/mol. The van der Waals surface area contributed by atoms with Gasteiger partial charge in [0, 0.05) is 16.7 Å². The van der Waals surface area contributed by atoms with Crippen LogP contribution in [0.25, 0.3) is 0 Å². The third-order valence-electron chi connectivity index (χ3n) is 8.28. The van der Waals surface area contributed by atoms with E-state index >= 15 is 0 Å². The molecule has 122 valence electrons. The van der Waals surface area contributed by atoms with Gasteiger partial charge in [-0.05, 0) is 36.8 Å². The lowest BCUT2D eigenvalue weighted by Gasteiger charge is -2.61. The number of ketones is 1. The summed E-state index contributed by atoms with van der Waals surface area (Å²) in [5.41, 5.74) is 0.554. The molecule has 0 N–H and O–H groups in total. The number of epoxide rings is 1. The number of hydrogen-bond donors (Lipinski definition) is 0. The maximum Gasteiger partial charge on any atom is 0.161 e. The van der Waals surface area contributed by atoms with E-state index in [1.807, 2.05) is 6.92 Å². The Labute approximate surface area is 133 Å². The van der Waals surface area contributed by atoms with Crippen molar-refractivity contribution in [3.05, 3.63) is 11.6 Å². The summed E-state index contributed by atoms with van der Waals surface area (Å²) in [4.78, 5) is 12.8. The van der Waals surface area contributed by atoms with E-state index in [9.17, 15) is 4.79 Å². The van der Waals surface area contributed by atoms with E-state index in [1.54, 1.807) is 0 Å². The molecule has 2 aliphatic carbocycles. The zero-order valence-electron chi connectivity index (χ0n) is 14.6. The van der Waals surface area contributed by atoms with Crippen molar-refractivity contribution in [2.45, 2.75) is 65.8 Å². The summed E-state index contributed by atoms with van der Waals surface area (Å²) in [6, 6.07) is 0. The van der Waals surface area contributed by atoms with Crippen molar-refractivity contribution in [2.75, 3.05) is 6.61 Å². The van der Waals surface area contributed by atoms with Gasteiger partial charge in [0.2, 0.25) is 0 Å². The predicted molar refractivity (Wildman–Crippen MR) is 84.4 cm³/mol. The Morgan fingerprint density at radius 1 is 1.32 bits per heavy atom. The first-order valence-corrected chi connectivity index (χ1v) is 8.80. The van der Waals surface area contributed by atoms with Crippen molar-refractivity contribution in [3.63, 3.8) is 0 Å². The van der Waals surface area contributed by atoms with Crippen molar-refractivity contribution >= 4 is 5.78 Å². The molecule has 1 spiro atoms. The molecule has 0 aromatic rings. The number of fused-ring (bicyclic) bond motifs is 2. The highest BCUT2D eigenvalue weighted by atomic mass is 16.6. The third kappa shape index (κ3) is 1.21. The Morgan fingerprint density at radius 2 is 1.95 bits per heavy atom. The Kier molecular flexibility index (Phi) is 2.74. The van der Waals surface area contributed by atoms with E-state index in [0.29, 0.717) is 17.6 Å². The van der Waals surface area contributed by atoms with Crippen molar-refractivity contribution in [3.8, 4) is 0 Å². The summed E-state index contributed by atoms with van der Waals surface area (Å²) in [7, 11) is 0. The summed E-state index contributed by atoms with van der Waals surface area (Å²) in [6.45, 7) is 14.1. The van der Waals surface area contributed by atoms with Gasteiger partial charge in [-0.1, -0.05) is 34.6 Å². The Morgan fingerprint density at radius 3 is 2.50 bits per heavy atom. The second-order valence-corrected chi connectivity index (χ2v) is 8.34. The monoisotopic (exact) mass is 304 g/mol. The van der Waals surface area contributed by atoms with Crippen molar-refractivity contribution in [1.82, 2.24) is 0 Å². The second kappa shape index (κ2) is 4.05. The van der Waals surface area contributed by atoms with Crippen molar-refractivity contribution in [2.24, 2.45) is 28.6 Å². The van der Waals surface area contributed by atoms with Crippen LogP contribution < -0.4 is 0 Å². The summed E-state index contributed by atoms with van der Waals surface area (Å²) < 4.78 is 12.7. The maximum absolute atomic E-state index is 12.8. The molecule has 8 atom stereocenters. The SMILES string of the molecule is CCC12C(C=C(C)C(=O)C1C)OC1C(C)[C@@H](C)[C@@]2(C)[C@]12CO2. The van der Waals surface area contributed by atoms with Gasteiger partial charge in [-0.3, -0.25) is 4.79 Å². The Hall–Kier alpha value is -0.670. The number of carbonyl (C=O) groups excluding carboxylic acids is 1. The zero-order chi connectivity index (χ0) is 16.1. The lowest BCUT2D eigenvalue weighted by molar-refractivity contribution is -0.222. The smallest absolute Gasteiger partial charge is 0.161 e. The number of ether oxygens (including phenoxy) is 2. The molecule has 2 saturated heterocycles. The normalized spacial score (nSPS) is 59.5. The van der Waals surface area contributed by atoms with Gasteiger partial charge in [0.1, 0.15) is 5.60 Å². The Balaban J connectivity index is 1.98. The number of Topliss-reactive ketones (excluding diaryl/α,β-unsaturated/α-hetero) is 1. The van der Waals surface area contributed by atoms with E-state index in [0.717, 1.165) is 18.6 Å². The summed E-state index contributed by atoms with van der Waals surface area (Å²) in [5.74, 6) is 1.25. The van der Waals surface area contributed by atoms with E-state index in [-0.39, 0.29) is 34.6 Å². The molecule has 0 aromatic carbocycles. The molecule has 3 nitrogen and oxygen atoms in total. The fourth-order valence-electron chi connectivity index (χ4n) is 6.71. The molecule has 22 heavy (non-hydrogen) atoms. The maximum atomic E-state index is 12.8. The standard InChI is InChI=1S/C19H28O3/c1-7-18-13(5)15(20)10(2)8-14(18)22-16-11(3)12(4)17(18,6)19(16)9-21-19/h8,11-14,16H,7,9H2,1-6H3/t11?,12-,13?,14?,16?,17-,18?,19+/m1/s1. The van der Waals surface area contributed by atoms with Gasteiger partial charge in [0.15, 0.2) is 5.78 Å². The first kappa shape index (κ1) is 14.9. The average Bonchev–Trinajstić information content (AvgIpc) is 3.27. The zero-order valence-corrected chi connectivity index (χ0v) is 14.6. The highest BCUT2D eigenvalue weighted by molar-refractivity contribution is 5.98. The molecule has 5 unspecified atom stereocenters. The molecule has 4 rings (SSSR count). The molecule has 2 bridgehead atoms. The van der Waals surface area contributed by atoms with Gasteiger partial charge in [0.05, 0.1) is 18.8 Å². The third-order valence-corrected chi connectivity index (χ3v) is 8.28. The fraction of sp³-hybridized carbons (Fsp3) is 0.842. The van der Waals surface area contributed by atoms with Gasteiger partial charge in [-0.15, -0.1) is 0 Å². The van der Waals surface area contributed by atoms with Crippen LogP contribution >= 0.6 is 0 Å². The van der Waals surface area contributed by atoms with Crippen molar-refractivity contribution < 1.29 is 14.3 Å². The first-order chi connectivity index (χ1) is 10.3. The van der Waals surface area contributed by atoms with Crippen LogP contribution in [0.2, 0.25) is 0 Å². The van der Waals surface area contributed by atoms with Gasteiger partial charge in [-0.25, -0.2) is 0 Å². The quantitative estimate of drug-likeness (QED) is 0.697. The topological polar surface area (TPSA) is 38.8 Å². The minimum Gasteiger partial charge on any atom is -0.367 e. The fourth-order valence-corrected chi connectivity index (χ4v) is 6.71. The minimum atomic E-state index is -0.161. The van der Waals surface area contributed by atoms with Crippen LogP contribution in [-0.4, -0.2) is 30.2 Å². The second-order valence-electron chi connectivity index (χ2n) is 8.34. The summed E-state index contributed by atoms with van der Waals surface area (Å²) in [5, 5.41) is 0. The minimum absolute atomic E-state index is 0.00593. The highest BCUT2D eigenvalue weighted by Gasteiger charge is 2.83. The largest absolute Gasteiger partial charge is 0.367 e. The lowest BCUT2D eigenvalue weighted by Crippen LogP contribution is -2.67. The summed E-state index contributed by atoms with van der Waals surface area (Å²) >= 11 is 0. The summed E-state index contributed by atoms with van der Waals surface area (Å²) in [6.07, 6.45) is 3.28. The van der Waals surface area contributed by atoms with Crippen LogP contribution in [0, 0.1) is 28.6 Å². The molecule has 1 saturated carbocycles.